The number of aromatic nitrogens is 4. The third-order valence-corrected chi connectivity index (χ3v) is 6.14. The van der Waals surface area contributed by atoms with Crippen LogP contribution in [0.3, 0.4) is 0 Å². The van der Waals surface area contributed by atoms with Crippen molar-refractivity contribution in [3.63, 3.8) is 0 Å². The smallest absolute Gasteiger partial charge is 0.543 e. The molecule has 0 fully saturated rings. The fourth-order valence-electron chi connectivity index (χ4n) is 4.40. The van der Waals surface area contributed by atoms with Crippen molar-refractivity contribution in [2.75, 3.05) is 6.54 Å². The quantitative estimate of drug-likeness (QED) is 0.389. The molecular formula is C25H22LiN5O3. The Morgan fingerprint density at radius 3 is 2.59 bits per heavy atom. The molecule has 8 nitrogen and oxygen atoms in total. The number of carboxylic acid groups (broad SMARTS) is 1. The van der Waals surface area contributed by atoms with Crippen molar-refractivity contribution < 1.29 is 33.6 Å². The number of imidazole rings is 1. The van der Waals surface area contributed by atoms with Gasteiger partial charge in [0.2, 0.25) is 5.91 Å². The van der Waals surface area contributed by atoms with E-state index in [1.54, 1.807) is 13.0 Å². The zero-order valence-corrected chi connectivity index (χ0v) is 19.4. The SMILES string of the molecule is CCc1nc(-c2cccc3cc(-c4ccc(C(=O)[O-])nc4)ncc23)c2n1CCN(C(C)=O)C2.[Li+]. The van der Waals surface area contributed by atoms with E-state index < -0.39 is 5.97 Å². The summed E-state index contributed by atoms with van der Waals surface area (Å²) in [5.41, 5.74) is 4.21. The number of carbonyl (C=O) groups is 2. The van der Waals surface area contributed by atoms with Crippen LogP contribution in [0.1, 0.15) is 35.9 Å². The molecule has 3 aromatic heterocycles. The summed E-state index contributed by atoms with van der Waals surface area (Å²) in [6.45, 7) is 5.66. The molecule has 9 heteroatoms. The number of rotatable bonds is 4. The van der Waals surface area contributed by atoms with Gasteiger partial charge in [-0.2, -0.15) is 0 Å². The van der Waals surface area contributed by atoms with Crippen LogP contribution in [0.5, 0.6) is 0 Å². The van der Waals surface area contributed by atoms with Crippen molar-refractivity contribution in [2.45, 2.75) is 33.4 Å². The molecule has 0 saturated carbocycles. The number of fused-ring (bicyclic) bond motifs is 2. The van der Waals surface area contributed by atoms with Crippen LogP contribution in [0.4, 0.5) is 0 Å². The average Bonchev–Trinajstić information content (AvgIpc) is 3.21. The Kier molecular flexibility index (Phi) is 6.55. The number of amides is 1. The summed E-state index contributed by atoms with van der Waals surface area (Å²) >= 11 is 0. The summed E-state index contributed by atoms with van der Waals surface area (Å²) in [7, 11) is 0. The Balaban J connectivity index is 0.00000274. The number of hydrogen-bond donors (Lipinski definition) is 0. The Bertz CT molecular complexity index is 1400. The molecule has 0 bridgehead atoms. The van der Waals surface area contributed by atoms with Crippen molar-refractivity contribution in [3.8, 4) is 22.5 Å². The molecule has 1 aliphatic heterocycles. The van der Waals surface area contributed by atoms with Crippen LogP contribution in [0.2, 0.25) is 0 Å². The number of pyridine rings is 2. The van der Waals surface area contributed by atoms with Crippen molar-refractivity contribution in [1.82, 2.24) is 24.4 Å². The van der Waals surface area contributed by atoms with Crippen LogP contribution in [0, 0.1) is 0 Å². The van der Waals surface area contributed by atoms with Crippen molar-refractivity contribution in [3.05, 3.63) is 66.0 Å². The number of aromatic carboxylic acids is 1. The predicted molar refractivity (Wildman–Crippen MR) is 121 cm³/mol. The molecule has 0 spiro atoms. The molecule has 1 aliphatic rings. The monoisotopic (exact) mass is 447 g/mol. The maximum absolute atomic E-state index is 12.0. The number of hydrogen-bond acceptors (Lipinski definition) is 6. The summed E-state index contributed by atoms with van der Waals surface area (Å²) in [5, 5.41) is 12.9. The molecule has 0 aliphatic carbocycles. The molecule has 5 rings (SSSR count). The van der Waals surface area contributed by atoms with E-state index in [1.165, 1.54) is 12.3 Å². The van der Waals surface area contributed by atoms with Crippen LogP contribution >= 0.6 is 0 Å². The Labute approximate surface area is 208 Å². The van der Waals surface area contributed by atoms with Crippen LogP contribution < -0.4 is 24.0 Å². The third kappa shape index (κ3) is 4.11. The van der Waals surface area contributed by atoms with Crippen LogP contribution in [0.15, 0.2) is 48.8 Å². The molecule has 1 amide bonds. The molecule has 0 saturated heterocycles. The average molecular weight is 447 g/mol. The van der Waals surface area contributed by atoms with E-state index in [4.69, 9.17) is 4.98 Å². The van der Waals surface area contributed by atoms with E-state index in [0.29, 0.717) is 18.8 Å². The Morgan fingerprint density at radius 1 is 1.09 bits per heavy atom. The standard InChI is InChI=1S/C25H23N5O3.Li/c1-3-23-28-24(22-14-29(15(2)31)9-10-30(22)23)18-6-4-5-16-11-21(27-13-19(16)18)17-7-8-20(25(32)33)26-12-17;/h4-8,11-13H,3,9-10,14H2,1-2H3,(H,32,33);/q;+1/p-1. The van der Waals surface area contributed by atoms with Crippen molar-refractivity contribution >= 4 is 22.6 Å². The van der Waals surface area contributed by atoms with Gasteiger partial charge >= 0.3 is 18.9 Å². The van der Waals surface area contributed by atoms with E-state index in [9.17, 15) is 14.7 Å². The third-order valence-electron chi connectivity index (χ3n) is 6.14. The van der Waals surface area contributed by atoms with Gasteiger partial charge in [0.25, 0.3) is 0 Å². The van der Waals surface area contributed by atoms with Gasteiger partial charge in [0.1, 0.15) is 5.82 Å². The Morgan fingerprint density at radius 2 is 1.91 bits per heavy atom. The minimum Gasteiger partial charge on any atom is -0.543 e. The van der Waals surface area contributed by atoms with Gasteiger partial charge < -0.3 is 19.4 Å². The van der Waals surface area contributed by atoms with Crippen LogP contribution in [0.25, 0.3) is 33.3 Å². The van der Waals surface area contributed by atoms with Crippen molar-refractivity contribution in [1.29, 1.82) is 0 Å². The van der Waals surface area contributed by atoms with Crippen LogP contribution in [-0.2, 0) is 24.3 Å². The largest absolute Gasteiger partial charge is 1.00 e. The van der Waals surface area contributed by atoms with E-state index in [2.05, 4.69) is 21.5 Å². The molecule has 4 aromatic rings. The number of benzene rings is 1. The predicted octanol–water partition coefficient (Wildman–Crippen LogP) is -0.548. The van der Waals surface area contributed by atoms with Gasteiger partial charge in [-0.1, -0.05) is 25.1 Å². The molecule has 0 radical (unpaired) electrons. The zero-order valence-electron chi connectivity index (χ0n) is 19.4. The normalized spacial score (nSPS) is 12.8. The minimum absolute atomic E-state index is 0. The first-order chi connectivity index (χ1) is 16.0. The fraction of sp³-hybridized carbons (Fsp3) is 0.240. The molecule has 166 valence electrons. The van der Waals surface area contributed by atoms with Crippen LogP contribution in [-0.4, -0.2) is 42.8 Å². The zero-order chi connectivity index (χ0) is 23.1. The van der Waals surface area contributed by atoms with Gasteiger partial charge in [-0.05, 0) is 23.6 Å². The first-order valence-electron chi connectivity index (χ1n) is 10.9. The fourth-order valence-corrected chi connectivity index (χ4v) is 4.40. The second-order valence-corrected chi connectivity index (χ2v) is 8.08. The van der Waals surface area contributed by atoms with E-state index in [0.717, 1.165) is 52.1 Å². The second kappa shape index (κ2) is 9.41. The topological polar surface area (TPSA) is 104 Å². The maximum atomic E-state index is 12.0. The second-order valence-electron chi connectivity index (χ2n) is 8.08. The molecule has 0 N–H and O–H groups in total. The molecular weight excluding hydrogens is 425 g/mol. The first kappa shape index (κ1) is 23.7. The van der Waals surface area contributed by atoms with Gasteiger partial charge in [0.15, 0.2) is 0 Å². The molecule has 1 aromatic carbocycles. The van der Waals surface area contributed by atoms with E-state index in [-0.39, 0.29) is 30.5 Å². The number of carbonyl (C=O) groups excluding carboxylic acids is 2. The first-order valence-corrected chi connectivity index (χ1v) is 10.9. The summed E-state index contributed by atoms with van der Waals surface area (Å²) in [6, 6.07) is 11.1. The summed E-state index contributed by atoms with van der Waals surface area (Å²) in [6.07, 6.45) is 4.11. The van der Waals surface area contributed by atoms with Gasteiger partial charge in [-0.15, -0.1) is 0 Å². The number of carboxylic acids is 1. The molecule has 4 heterocycles. The van der Waals surface area contributed by atoms with E-state index >= 15 is 0 Å². The van der Waals surface area contributed by atoms with Gasteiger partial charge in [-0.3, -0.25) is 14.8 Å². The minimum atomic E-state index is -1.31. The number of nitrogens with zero attached hydrogens (tertiary/aromatic N) is 5. The van der Waals surface area contributed by atoms with Crippen molar-refractivity contribution in [2.24, 2.45) is 0 Å². The summed E-state index contributed by atoms with van der Waals surface area (Å²) in [4.78, 5) is 38.3. The number of aryl methyl sites for hydroxylation is 1. The molecule has 34 heavy (non-hydrogen) atoms. The maximum Gasteiger partial charge on any atom is 1.00 e. The van der Waals surface area contributed by atoms with E-state index in [1.807, 2.05) is 35.4 Å². The summed E-state index contributed by atoms with van der Waals surface area (Å²) in [5.74, 6) is -0.228. The van der Waals surface area contributed by atoms with Gasteiger partial charge in [0, 0.05) is 55.3 Å². The summed E-state index contributed by atoms with van der Waals surface area (Å²) < 4.78 is 2.24. The molecule has 0 unspecified atom stereocenters. The van der Waals surface area contributed by atoms with Gasteiger partial charge in [-0.25, -0.2) is 4.98 Å². The molecule has 0 atom stereocenters. The van der Waals surface area contributed by atoms with Gasteiger partial charge in [0.05, 0.1) is 35.3 Å². The Hall–Kier alpha value is -3.47.